The highest BCUT2D eigenvalue weighted by Crippen LogP contribution is 2.41. The smallest absolute Gasteiger partial charge is 0.219 e. The van der Waals surface area contributed by atoms with Crippen LogP contribution in [0.2, 0.25) is 0 Å². The minimum Gasteiger partial charge on any atom is -0.392 e. The lowest BCUT2D eigenvalue weighted by Crippen LogP contribution is -2.35. The SMILES string of the molecule is CC(=O)N1CCc2c(c(C3=CC=C(CO)C4C=CN=CC34)nn2C2CCOCC2)C1. The van der Waals surface area contributed by atoms with Gasteiger partial charge in [0.1, 0.15) is 0 Å². The van der Waals surface area contributed by atoms with Crippen molar-refractivity contribution in [3.8, 4) is 0 Å². The number of aromatic nitrogens is 2. The molecule has 1 aromatic rings. The first-order valence-corrected chi connectivity index (χ1v) is 10.8. The Hall–Kier alpha value is -2.51. The molecule has 0 aromatic carbocycles. The molecule has 5 rings (SSSR count). The number of hydrogen-bond acceptors (Lipinski definition) is 5. The number of rotatable bonds is 3. The molecule has 7 nitrogen and oxygen atoms in total. The zero-order valence-electron chi connectivity index (χ0n) is 17.3. The van der Waals surface area contributed by atoms with Crippen LogP contribution in [0.4, 0.5) is 0 Å². The lowest BCUT2D eigenvalue weighted by atomic mass is 9.75. The summed E-state index contributed by atoms with van der Waals surface area (Å²) in [7, 11) is 0. The first-order chi connectivity index (χ1) is 14.7. The Labute approximate surface area is 176 Å². The average Bonchev–Trinajstić information content (AvgIpc) is 3.17. The summed E-state index contributed by atoms with van der Waals surface area (Å²) in [5.41, 5.74) is 5.52. The van der Waals surface area contributed by atoms with Crippen molar-refractivity contribution >= 4 is 17.7 Å². The second-order valence-electron chi connectivity index (χ2n) is 8.47. The van der Waals surface area contributed by atoms with E-state index in [1.54, 1.807) is 13.1 Å². The van der Waals surface area contributed by atoms with E-state index in [0.717, 1.165) is 61.4 Å². The van der Waals surface area contributed by atoms with Crippen LogP contribution < -0.4 is 0 Å². The summed E-state index contributed by atoms with van der Waals surface area (Å²) in [5, 5.41) is 14.9. The van der Waals surface area contributed by atoms with E-state index in [9.17, 15) is 9.90 Å². The second kappa shape index (κ2) is 7.96. The molecule has 0 radical (unpaired) electrons. The molecule has 1 saturated heterocycles. The van der Waals surface area contributed by atoms with Gasteiger partial charge in [0, 0.05) is 75.2 Å². The van der Waals surface area contributed by atoms with Crippen LogP contribution >= 0.6 is 0 Å². The molecule has 1 aromatic heterocycles. The van der Waals surface area contributed by atoms with Gasteiger partial charge in [-0.25, -0.2) is 0 Å². The van der Waals surface area contributed by atoms with Crippen molar-refractivity contribution < 1.29 is 14.6 Å². The fourth-order valence-corrected chi connectivity index (χ4v) is 5.12. The Morgan fingerprint density at radius 2 is 2.10 bits per heavy atom. The summed E-state index contributed by atoms with van der Waals surface area (Å²) in [6.07, 6.45) is 12.7. The molecular formula is C23H28N4O3. The summed E-state index contributed by atoms with van der Waals surface area (Å²) >= 11 is 0. The van der Waals surface area contributed by atoms with Crippen LogP contribution in [0.1, 0.15) is 42.8 Å². The molecule has 0 spiro atoms. The zero-order valence-corrected chi connectivity index (χ0v) is 17.3. The first-order valence-electron chi connectivity index (χ1n) is 10.8. The zero-order chi connectivity index (χ0) is 20.7. The van der Waals surface area contributed by atoms with E-state index in [4.69, 9.17) is 9.84 Å². The van der Waals surface area contributed by atoms with Crippen molar-refractivity contribution in [3.05, 3.63) is 47.0 Å². The molecular weight excluding hydrogens is 380 g/mol. The number of amides is 1. The lowest BCUT2D eigenvalue weighted by molar-refractivity contribution is -0.129. The number of hydrogen-bond donors (Lipinski definition) is 1. The van der Waals surface area contributed by atoms with Crippen LogP contribution in [0, 0.1) is 11.8 Å². The highest BCUT2D eigenvalue weighted by atomic mass is 16.5. The van der Waals surface area contributed by atoms with Crippen LogP contribution in [-0.2, 0) is 22.5 Å². The molecule has 1 amide bonds. The van der Waals surface area contributed by atoms with Gasteiger partial charge in [-0.3, -0.25) is 14.5 Å². The van der Waals surface area contributed by atoms with Crippen molar-refractivity contribution in [1.82, 2.24) is 14.7 Å². The Kier molecular flexibility index (Phi) is 5.16. The molecule has 0 bridgehead atoms. The molecule has 4 heterocycles. The minimum atomic E-state index is 0.0376. The van der Waals surface area contributed by atoms with Crippen LogP contribution in [0.15, 0.2) is 35.0 Å². The van der Waals surface area contributed by atoms with Crippen LogP contribution in [-0.4, -0.2) is 58.3 Å². The molecule has 1 aliphatic carbocycles. The number of carbonyl (C=O) groups is 1. The largest absolute Gasteiger partial charge is 0.392 e. The second-order valence-corrected chi connectivity index (χ2v) is 8.47. The normalized spacial score (nSPS) is 26.1. The molecule has 4 aliphatic rings. The van der Waals surface area contributed by atoms with E-state index < -0.39 is 0 Å². The Balaban J connectivity index is 1.61. The van der Waals surface area contributed by atoms with Gasteiger partial charge >= 0.3 is 0 Å². The first kappa shape index (κ1) is 19.5. The molecule has 2 atom stereocenters. The summed E-state index contributed by atoms with van der Waals surface area (Å²) in [6, 6.07) is 0.341. The third-order valence-electron chi connectivity index (χ3n) is 6.80. The van der Waals surface area contributed by atoms with Crippen molar-refractivity contribution in [2.75, 3.05) is 26.4 Å². The summed E-state index contributed by atoms with van der Waals surface area (Å²) in [6.45, 7) is 4.54. The fourth-order valence-electron chi connectivity index (χ4n) is 5.12. The summed E-state index contributed by atoms with van der Waals surface area (Å²) < 4.78 is 7.79. The number of ether oxygens (including phenoxy) is 1. The van der Waals surface area contributed by atoms with E-state index in [0.29, 0.717) is 12.6 Å². The molecule has 158 valence electrons. The molecule has 1 N–H and O–H groups in total. The van der Waals surface area contributed by atoms with Gasteiger partial charge in [0.25, 0.3) is 0 Å². The number of aliphatic hydroxyl groups excluding tert-OH is 1. The number of aliphatic imine (C=N–C) groups is 1. The third kappa shape index (κ3) is 3.26. The fraction of sp³-hybridized carbons (Fsp3) is 0.522. The van der Waals surface area contributed by atoms with Crippen molar-refractivity contribution in [2.24, 2.45) is 16.8 Å². The average molecular weight is 409 g/mol. The van der Waals surface area contributed by atoms with Crippen LogP contribution in [0.25, 0.3) is 5.57 Å². The number of nitrogens with zero attached hydrogens (tertiary/aromatic N) is 4. The maximum absolute atomic E-state index is 12.1. The molecule has 0 saturated carbocycles. The molecule has 3 aliphatic heterocycles. The topological polar surface area (TPSA) is 80.0 Å². The molecule has 7 heteroatoms. The van der Waals surface area contributed by atoms with Gasteiger partial charge in [-0.1, -0.05) is 18.2 Å². The number of carbonyl (C=O) groups excluding carboxylic acids is 1. The molecule has 30 heavy (non-hydrogen) atoms. The minimum absolute atomic E-state index is 0.0376. The monoisotopic (exact) mass is 408 g/mol. The Morgan fingerprint density at radius 1 is 1.27 bits per heavy atom. The maximum Gasteiger partial charge on any atom is 0.219 e. The van der Waals surface area contributed by atoms with Crippen LogP contribution in [0.3, 0.4) is 0 Å². The predicted octanol–water partition coefficient (Wildman–Crippen LogP) is 2.29. The van der Waals surface area contributed by atoms with Gasteiger partial charge in [0.15, 0.2) is 0 Å². The van der Waals surface area contributed by atoms with Crippen molar-refractivity contribution in [3.63, 3.8) is 0 Å². The van der Waals surface area contributed by atoms with Crippen molar-refractivity contribution in [1.29, 1.82) is 0 Å². The van der Waals surface area contributed by atoms with Gasteiger partial charge in [-0.05, 0) is 24.0 Å². The lowest BCUT2D eigenvalue weighted by Gasteiger charge is -2.31. The van der Waals surface area contributed by atoms with Crippen molar-refractivity contribution in [2.45, 2.75) is 38.8 Å². The third-order valence-corrected chi connectivity index (χ3v) is 6.80. The quantitative estimate of drug-likeness (QED) is 0.832. The number of aliphatic hydroxyl groups is 1. The van der Waals surface area contributed by atoms with E-state index in [2.05, 4.69) is 21.8 Å². The highest BCUT2D eigenvalue weighted by molar-refractivity contribution is 5.87. The number of allylic oxidation sites excluding steroid dienone is 4. The van der Waals surface area contributed by atoms with E-state index >= 15 is 0 Å². The van der Waals surface area contributed by atoms with Gasteiger partial charge in [0.2, 0.25) is 5.91 Å². The van der Waals surface area contributed by atoms with Gasteiger partial charge in [-0.15, -0.1) is 0 Å². The van der Waals surface area contributed by atoms with Gasteiger partial charge < -0.3 is 14.7 Å². The van der Waals surface area contributed by atoms with Crippen LogP contribution in [0.5, 0.6) is 0 Å². The van der Waals surface area contributed by atoms with Gasteiger partial charge in [0.05, 0.1) is 18.3 Å². The molecule has 1 fully saturated rings. The summed E-state index contributed by atoms with van der Waals surface area (Å²) in [4.78, 5) is 18.4. The predicted molar refractivity (Wildman–Crippen MR) is 114 cm³/mol. The molecule has 2 unspecified atom stereocenters. The standard InChI is InChI=1S/C23H28N4O3/c1-15(29)26-9-5-22-21(13-26)23(25-27(22)17-6-10-30-11-7-17)19-3-2-16(14-28)18-4-8-24-12-20(18)19/h2-4,8,12,17-18,20,28H,5-7,9-11,13-14H2,1H3. The van der Waals surface area contributed by atoms with E-state index in [-0.39, 0.29) is 24.3 Å². The highest BCUT2D eigenvalue weighted by Gasteiger charge is 2.36. The van der Waals surface area contributed by atoms with E-state index in [1.165, 1.54) is 5.69 Å². The Morgan fingerprint density at radius 3 is 2.87 bits per heavy atom. The van der Waals surface area contributed by atoms with Gasteiger partial charge in [-0.2, -0.15) is 5.10 Å². The summed E-state index contributed by atoms with van der Waals surface area (Å²) in [5.74, 6) is 0.256. The van der Waals surface area contributed by atoms with E-state index in [1.807, 2.05) is 17.2 Å². The maximum atomic E-state index is 12.1. The number of fused-ring (bicyclic) bond motifs is 2. The Bertz CT molecular complexity index is 965.